The highest BCUT2D eigenvalue weighted by atomic mass is 32.1. The third-order valence-corrected chi connectivity index (χ3v) is 7.18. The maximum absolute atomic E-state index is 13.0. The molecule has 0 saturated carbocycles. The SMILES string of the molecule is CCOC(=O)c1cc(C(C)C)sc1NC(=O)C(C#N)=Cc1ccc2c(c1)c1ccccc1n2CC. The maximum Gasteiger partial charge on any atom is 0.341 e. The number of carbonyl (C=O) groups excluding carboxylic acids is 2. The first-order valence-electron chi connectivity index (χ1n) is 11.6. The van der Waals surface area contributed by atoms with Gasteiger partial charge in [0.2, 0.25) is 0 Å². The standard InChI is InChI=1S/C28H27N3O3S/c1-5-31-23-10-8-7-9-20(23)21-14-18(11-12-24(21)31)13-19(16-29)26(32)30-27-22(28(33)34-6-2)15-25(35-27)17(3)4/h7-15,17H,5-6H2,1-4H3,(H,30,32). The van der Waals surface area contributed by atoms with Crippen molar-refractivity contribution >= 4 is 56.1 Å². The first kappa shape index (κ1) is 24.2. The van der Waals surface area contributed by atoms with Crippen LogP contribution in [0.2, 0.25) is 0 Å². The molecule has 2 heterocycles. The zero-order chi connectivity index (χ0) is 25.1. The number of nitrogens with one attached hydrogen (secondary N) is 1. The lowest BCUT2D eigenvalue weighted by Crippen LogP contribution is -2.15. The molecule has 0 spiro atoms. The van der Waals surface area contributed by atoms with Gasteiger partial charge in [0.05, 0.1) is 12.2 Å². The summed E-state index contributed by atoms with van der Waals surface area (Å²) in [6, 6.07) is 17.9. The third-order valence-electron chi connectivity index (χ3n) is 5.83. The van der Waals surface area contributed by atoms with E-state index < -0.39 is 11.9 Å². The van der Waals surface area contributed by atoms with Crippen molar-refractivity contribution in [1.29, 1.82) is 5.26 Å². The van der Waals surface area contributed by atoms with E-state index in [1.807, 2.05) is 50.2 Å². The van der Waals surface area contributed by atoms with Gasteiger partial charge in [0.1, 0.15) is 16.6 Å². The van der Waals surface area contributed by atoms with Crippen LogP contribution in [0.4, 0.5) is 5.00 Å². The van der Waals surface area contributed by atoms with Gasteiger partial charge in [-0.2, -0.15) is 5.26 Å². The van der Waals surface area contributed by atoms with Crippen LogP contribution in [0.15, 0.2) is 54.1 Å². The Bertz CT molecular complexity index is 1500. The number of hydrogen-bond acceptors (Lipinski definition) is 5. The minimum Gasteiger partial charge on any atom is -0.462 e. The topological polar surface area (TPSA) is 84.1 Å². The Hall–Kier alpha value is -3.89. The summed E-state index contributed by atoms with van der Waals surface area (Å²) in [5.41, 5.74) is 3.27. The van der Waals surface area contributed by atoms with E-state index >= 15 is 0 Å². The number of anilines is 1. The van der Waals surface area contributed by atoms with Crippen LogP contribution in [0.3, 0.4) is 0 Å². The molecule has 7 heteroatoms. The predicted octanol–water partition coefficient (Wildman–Crippen LogP) is 6.72. The fourth-order valence-electron chi connectivity index (χ4n) is 4.14. The molecule has 178 valence electrons. The average Bonchev–Trinajstić information content (AvgIpc) is 3.41. The largest absolute Gasteiger partial charge is 0.462 e. The molecule has 0 aliphatic carbocycles. The molecule has 0 saturated heterocycles. The Morgan fingerprint density at radius 2 is 1.86 bits per heavy atom. The number of aryl methyl sites for hydroxylation is 1. The summed E-state index contributed by atoms with van der Waals surface area (Å²) in [5.74, 6) is -0.876. The average molecular weight is 486 g/mol. The second-order valence-corrected chi connectivity index (χ2v) is 9.51. The third kappa shape index (κ3) is 4.71. The van der Waals surface area contributed by atoms with Crippen LogP contribution in [0.1, 0.15) is 54.4 Å². The molecule has 0 aliphatic rings. The normalized spacial score (nSPS) is 11.7. The lowest BCUT2D eigenvalue weighted by molar-refractivity contribution is -0.112. The summed E-state index contributed by atoms with van der Waals surface area (Å²) in [7, 11) is 0. The molecular formula is C28H27N3O3S. The van der Waals surface area contributed by atoms with Crippen molar-refractivity contribution in [2.45, 2.75) is 40.2 Å². The predicted molar refractivity (Wildman–Crippen MR) is 142 cm³/mol. The number of rotatable bonds is 7. The molecule has 2 aromatic carbocycles. The highest BCUT2D eigenvalue weighted by Gasteiger charge is 2.21. The van der Waals surface area contributed by atoms with Gasteiger partial charge >= 0.3 is 5.97 Å². The second kappa shape index (κ2) is 10.2. The smallest absolute Gasteiger partial charge is 0.341 e. The molecule has 1 amide bonds. The maximum atomic E-state index is 13.0. The van der Waals surface area contributed by atoms with Gasteiger partial charge < -0.3 is 14.6 Å². The molecule has 35 heavy (non-hydrogen) atoms. The molecule has 4 aromatic rings. The Morgan fingerprint density at radius 1 is 1.11 bits per heavy atom. The molecule has 0 atom stereocenters. The van der Waals surface area contributed by atoms with E-state index in [2.05, 4.69) is 28.9 Å². The van der Waals surface area contributed by atoms with Crippen LogP contribution >= 0.6 is 11.3 Å². The number of esters is 1. The van der Waals surface area contributed by atoms with E-state index in [9.17, 15) is 14.9 Å². The van der Waals surface area contributed by atoms with Crippen LogP contribution in [-0.4, -0.2) is 23.1 Å². The van der Waals surface area contributed by atoms with E-state index in [4.69, 9.17) is 4.74 Å². The van der Waals surface area contributed by atoms with Crippen molar-refractivity contribution in [3.8, 4) is 6.07 Å². The van der Waals surface area contributed by atoms with Crippen molar-refractivity contribution < 1.29 is 14.3 Å². The van der Waals surface area contributed by atoms with Gasteiger partial charge in [-0.1, -0.05) is 38.1 Å². The van der Waals surface area contributed by atoms with Crippen molar-refractivity contribution in [1.82, 2.24) is 4.57 Å². The molecule has 6 nitrogen and oxygen atoms in total. The Kier molecular flexibility index (Phi) is 7.04. The lowest BCUT2D eigenvalue weighted by Gasteiger charge is -2.06. The number of nitriles is 1. The quantitative estimate of drug-likeness (QED) is 0.179. The number of hydrogen-bond donors (Lipinski definition) is 1. The van der Waals surface area contributed by atoms with Crippen molar-refractivity contribution in [2.75, 3.05) is 11.9 Å². The first-order valence-corrected chi connectivity index (χ1v) is 12.4. The molecule has 0 unspecified atom stereocenters. The van der Waals surface area contributed by atoms with Crippen LogP contribution in [0, 0.1) is 11.3 Å². The molecule has 0 bridgehead atoms. The molecule has 0 aliphatic heterocycles. The van der Waals surface area contributed by atoms with E-state index in [-0.39, 0.29) is 18.1 Å². The van der Waals surface area contributed by atoms with Gasteiger partial charge in [-0.25, -0.2) is 4.79 Å². The summed E-state index contributed by atoms with van der Waals surface area (Å²) >= 11 is 1.32. The highest BCUT2D eigenvalue weighted by molar-refractivity contribution is 7.16. The number of aromatic nitrogens is 1. The van der Waals surface area contributed by atoms with Crippen molar-refractivity contribution in [3.63, 3.8) is 0 Å². The Morgan fingerprint density at radius 3 is 2.54 bits per heavy atom. The molecule has 0 radical (unpaired) electrons. The Labute approximate surface area is 208 Å². The van der Waals surface area contributed by atoms with Crippen LogP contribution in [-0.2, 0) is 16.1 Å². The lowest BCUT2D eigenvalue weighted by atomic mass is 10.1. The molecular weight excluding hydrogens is 458 g/mol. The number of benzene rings is 2. The summed E-state index contributed by atoms with van der Waals surface area (Å²) in [6.45, 7) is 8.94. The zero-order valence-electron chi connectivity index (χ0n) is 20.2. The highest BCUT2D eigenvalue weighted by Crippen LogP contribution is 2.34. The summed E-state index contributed by atoms with van der Waals surface area (Å²) in [6.07, 6.45) is 1.58. The zero-order valence-corrected chi connectivity index (χ0v) is 21.0. The summed E-state index contributed by atoms with van der Waals surface area (Å²) in [4.78, 5) is 26.4. The number of nitrogens with zero attached hydrogens (tertiary/aromatic N) is 2. The monoisotopic (exact) mass is 485 g/mol. The van der Waals surface area contributed by atoms with Crippen LogP contribution in [0.5, 0.6) is 0 Å². The summed E-state index contributed by atoms with van der Waals surface area (Å²) < 4.78 is 7.39. The second-order valence-electron chi connectivity index (χ2n) is 8.43. The first-order chi connectivity index (χ1) is 16.9. The minimum absolute atomic E-state index is 0.0436. The molecule has 4 rings (SSSR count). The van der Waals surface area contributed by atoms with Gasteiger partial charge in [-0.05, 0) is 55.7 Å². The number of amides is 1. The van der Waals surface area contributed by atoms with E-state index in [0.29, 0.717) is 10.6 Å². The van der Waals surface area contributed by atoms with Crippen LogP contribution in [0.25, 0.3) is 27.9 Å². The van der Waals surface area contributed by atoms with Crippen molar-refractivity contribution in [2.24, 2.45) is 0 Å². The number of carbonyl (C=O) groups is 2. The fourth-order valence-corrected chi connectivity index (χ4v) is 5.18. The summed E-state index contributed by atoms with van der Waals surface area (Å²) in [5, 5.41) is 15.1. The fraction of sp³-hybridized carbons (Fsp3) is 0.250. The van der Waals surface area contributed by atoms with E-state index in [0.717, 1.165) is 38.8 Å². The van der Waals surface area contributed by atoms with Gasteiger partial charge in [0.15, 0.2) is 0 Å². The van der Waals surface area contributed by atoms with Gasteiger partial charge in [-0.15, -0.1) is 11.3 Å². The molecule has 2 aromatic heterocycles. The van der Waals surface area contributed by atoms with Crippen LogP contribution < -0.4 is 5.32 Å². The van der Waals surface area contributed by atoms with Crippen molar-refractivity contribution in [3.05, 3.63) is 70.1 Å². The number of ether oxygens (including phenoxy) is 1. The minimum atomic E-state index is -0.564. The van der Waals surface area contributed by atoms with Gasteiger partial charge in [0, 0.05) is 33.2 Å². The Balaban J connectivity index is 1.69. The van der Waals surface area contributed by atoms with E-state index in [1.165, 1.54) is 11.3 Å². The van der Waals surface area contributed by atoms with Gasteiger partial charge in [0.25, 0.3) is 5.91 Å². The molecule has 1 N–H and O–H groups in total. The number of para-hydroxylation sites is 1. The molecule has 0 fully saturated rings. The van der Waals surface area contributed by atoms with Gasteiger partial charge in [-0.3, -0.25) is 4.79 Å². The number of thiophene rings is 1. The number of fused-ring (bicyclic) bond motifs is 3. The van der Waals surface area contributed by atoms with E-state index in [1.54, 1.807) is 19.1 Å².